The van der Waals surface area contributed by atoms with Crippen LogP contribution < -0.4 is 0 Å². The maximum Gasteiger partial charge on any atom is 0.164 e. The molecule has 5 nitrogen and oxygen atoms in total. The first-order valence-corrected chi connectivity index (χ1v) is 19.8. The quantitative estimate of drug-likeness (QED) is 0.176. The van der Waals surface area contributed by atoms with Crippen molar-refractivity contribution in [2.45, 2.75) is 0 Å². The molecule has 57 heavy (non-hydrogen) atoms. The number of aromatic nitrogens is 4. The zero-order chi connectivity index (χ0) is 37.5. The molecule has 0 N–H and O–H groups in total. The molecule has 0 radical (unpaired) electrons. The predicted octanol–water partition coefficient (Wildman–Crippen LogP) is 13.9. The van der Waals surface area contributed by atoms with Gasteiger partial charge >= 0.3 is 0 Å². The third-order valence-corrected chi connectivity index (χ3v) is 12.2. The number of furan rings is 1. The minimum atomic E-state index is 0.599. The second kappa shape index (κ2) is 12.6. The van der Waals surface area contributed by atoms with Crippen molar-refractivity contribution >= 4 is 75.3 Å². The number of nitrogens with zero attached hydrogens (tertiary/aromatic N) is 4. The lowest BCUT2D eigenvalue weighted by Crippen LogP contribution is -2.02. The normalized spacial score (nSPS) is 11.9. The predicted molar refractivity (Wildman–Crippen MR) is 236 cm³/mol. The number of hydrogen-bond acceptors (Lipinski definition) is 5. The van der Waals surface area contributed by atoms with E-state index in [9.17, 15) is 0 Å². The summed E-state index contributed by atoms with van der Waals surface area (Å²) < 4.78 is 11.2. The summed E-state index contributed by atoms with van der Waals surface area (Å²) in [6.07, 6.45) is 0. The van der Waals surface area contributed by atoms with Gasteiger partial charge in [-0.15, -0.1) is 11.3 Å². The van der Waals surface area contributed by atoms with Crippen LogP contribution in [0.25, 0.3) is 115 Å². The number of para-hydroxylation sites is 2. The van der Waals surface area contributed by atoms with Crippen molar-refractivity contribution in [2.75, 3.05) is 0 Å². The van der Waals surface area contributed by atoms with Gasteiger partial charge in [-0.2, -0.15) is 0 Å². The molecular weight excluding hydrogens is 717 g/mol. The molecule has 266 valence electrons. The van der Waals surface area contributed by atoms with E-state index in [-0.39, 0.29) is 0 Å². The van der Waals surface area contributed by atoms with Crippen molar-refractivity contribution in [3.63, 3.8) is 0 Å². The van der Waals surface area contributed by atoms with Crippen LogP contribution in [0.4, 0.5) is 0 Å². The molecule has 4 heterocycles. The molecule has 0 atom stereocenters. The zero-order valence-electron chi connectivity index (χ0n) is 30.4. The Morgan fingerprint density at radius 3 is 1.84 bits per heavy atom. The first-order chi connectivity index (χ1) is 28.2. The van der Waals surface area contributed by atoms with Gasteiger partial charge in [0.25, 0.3) is 0 Å². The summed E-state index contributed by atoms with van der Waals surface area (Å²) in [5.74, 6) is 1.81. The van der Waals surface area contributed by atoms with E-state index in [1.54, 1.807) is 0 Å². The molecule has 0 saturated carbocycles. The van der Waals surface area contributed by atoms with Gasteiger partial charge in [-0.3, -0.25) is 0 Å². The molecule has 4 aromatic heterocycles. The standard InChI is InChI=1S/C51H30N4OS/c1-3-13-31(14-4-1)34-27-35(29-36(28-34)55-42-20-10-7-19-40(42)47-43(55)25-24-39-38-18-9-12-22-46(38)57-48(39)47)51-53-49(32-15-5-2-6-16-32)52-50(54-51)33-23-26-45-41(30-33)37-17-8-11-21-44(37)56-45/h1-30H. The molecule has 0 bridgehead atoms. The molecule has 0 aliphatic rings. The molecule has 8 aromatic carbocycles. The van der Waals surface area contributed by atoms with Crippen LogP contribution in [0.3, 0.4) is 0 Å². The summed E-state index contributed by atoms with van der Waals surface area (Å²) in [6.45, 7) is 0. The van der Waals surface area contributed by atoms with Gasteiger partial charge in [-0.25, -0.2) is 15.0 Å². The Morgan fingerprint density at radius 1 is 0.386 bits per heavy atom. The van der Waals surface area contributed by atoms with Crippen molar-refractivity contribution in [1.29, 1.82) is 0 Å². The first kappa shape index (κ1) is 31.9. The van der Waals surface area contributed by atoms with Crippen LogP contribution in [0.15, 0.2) is 186 Å². The van der Waals surface area contributed by atoms with E-state index in [1.807, 2.05) is 72.0 Å². The van der Waals surface area contributed by atoms with Crippen molar-refractivity contribution in [2.24, 2.45) is 0 Å². The largest absolute Gasteiger partial charge is 0.456 e. The lowest BCUT2D eigenvalue weighted by molar-refractivity contribution is 0.669. The molecule has 0 aliphatic heterocycles. The maximum absolute atomic E-state index is 6.18. The SMILES string of the molecule is c1ccc(-c2cc(-c3nc(-c4ccccc4)nc(-c4ccc5oc6ccccc6c5c4)n3)cc(-n3c4ccccc4c4c5sc6ccccc6c5ccc43)c2)cc1. The van der Waals surface area contributed by atoms with Gasteiger partial charge in [0.2, 0.25) is 0 Å². The van der Waals surface area contributed by atoms with Crippen LogP contribution in [0.2, 0.25) is 0 Å². The van der Waals surface area contributed by atoms with Gasteiger partial charge in [-0.1, -0.05) is 121 Å². The third-order valence-electron chi connectivity index (χ3n) is 11.0. The lowest BCUT2D eigenvalue weighted by Gasteiger charge is -2.14. The number of fused-ring (bicyclic) bond motifs is 10. The zero-order valence-corrected chi connectivity index (χ0v) is 31.2. The molecule has 0 saturated heterocycles. The van der Waals surface area contributed by atoms with Crippen LogP contribution in [-0.2, 0) is 0 Å². The fourth-order valence-corrected chi connectivity index (χ4v) is 9.65. The van der Waals surface area contributed by atoms with E-state index in [2.05, 4.69) is 126 Å². The minimum absolute atomic E-state index is 0.599. The monoisotopic (exact) mass is 746 g/mol. The maximum atomic E-state index is 6.18. The Kier molecular flexibility index (Phi) is 7.03. The summed E-state index contributed by atoms with van der Waals surface area (Å²) in [4.78, 5) is 15.6. The van der Waals surface area contributed by atoms with Crippen LogP contribution in [0, 0.1) is 0 Å². The van der Waals surface area contributed by atoms with Gasteiger partial charge in [0, 0.05) is 64.1 Å². The van der Waals surface area contributed by atoms with Crippen LogP contribution >= 0.6 is 11.3 Å². The van der Waals surface area contributed by atoms with E-state index in [4.69, 9.17) is 19.4 Å². The van der Waals surface area contributed by atoms with Gasteiger partial charge in [0.05, 0.1) is 11.0 Å². The van der Waals surface area contributed by atoms with E-state index in [0.29, 0.717) is 17.5 Å². The Morgan fingerprint density at radius 2 is 1.02 bits per heavy atom. The molecule has 0 aliphatic carbocycles. The Balaban J connectivity index is 1.12. The van der Waals surface area contributed by atoms with E-state index >= 15 is 0 Å². The second-order valence-corrected chi connectivity index (χ2v) is 15.5. The lowest BCUT2D eigenvalue weighted by atomic mass is 10.0. The van der Waals surface area contributed by atoms with Crippen molar-refractivity contribution < 1.29 is 4.42 Å². The highest BCUT2D eigenvalue weighted by molar-refractivity contribution is 7.26. The first-order valence-electron chi connectivity index (χ1n) is 19.0. The minimum Gasteiger partial charge on any atom is -0.456 e. The topological polar surface area (TPSA) is 56.7 Å². The summed E-state index contributed by atoms with van der Waals surface area (Å²) in [6, 6.07) is 63.8. The van der Waals surface area contributed by atoms with E-state index in [1.165, 1.54) is 30.9 Å². The third kappa shape index (κ3) is 5.12. The average molecular weight is 747 g/mol. The summed E-state index contributed by atoms with van der Waals surface area (Å²) >= 11 is 1.87. The molecule has 0 unspecified atom stereocenters. The smallest absolute Gasteiger partial charge is 0.164 e. The summed E-state index contributed by atoms with van der Waals surface area (Å²) in [5, 5.41) is 7.17. The molecule has 0 spiro atoms. The van der Waals surface area contributed by atoms with E-state index in [0.717, 1.165) is 66.5 Å². The van der Waals surface area contributed by atoms with Gasteiger partial charge in [0.1, 0.15) is 11.2 Å². The summed E-state index contributed by atoms with van der Waals surface area (Å²) in [7, 11) is 0. The number of thiophene rings is 1. The van der Waals surface area contributed by atoms with Gasteiger partial charge < -0.3 is 8.98 Å². The highest BCUT2D eigenvalue weighted by atomic mass is 32.1. The van der Waals surface area contributed by atoms with Crippen LogP contribution in [-0.4, -0.2) is 19.5 Å². The molecule has 12 rings (SSSR count). The molecule has 0 amide bonds. The molecular formula is C51H30N4OS. The Hall–Kier alpha value is -7.41. The fourth-order valence-electron chi connectivity index (χ4n) is 8.40. The Labute approximate surface area is 330 Å². The van der Waals surface area contributed by atoms with Gasteiger partial charge in [0.15, 0.2) is 17.5 Å². The summed E-state index contributed by atoms with van der Waals surface area (Å²) in [5.41, 5.74) is 9.93. The van der Waals surface area contributed by atoms with Crippen LogP contribution in [0.5, 0.6) is 0 Å². The second-order valence-electron chi connectivity index (χ2n) is 14.4. The highest BCUT2D eigenvalue weighted by Gasteiger charge is 2.20. The fraction of sp³-hybridized carbons (Fsp3) is 0. The van der Waals surface area contributed by atoms with Crippen molar-refractivity contribution in [3.8, 4) is 51.0 Å². The van der Waals surface area contributed by atoms with Gasteiger partial charge in [-0.05, 0) is 71.8 Å². The molecule has 12 aromatic rings. The Bertz CT molecular complexity index is 3530. The van der Waals surface area contributed by atoms with E-state index < -0.39 is 0 Å². The number of rotatable bonds is 5. The van der Waals surface area contributed by atoms with Crippen molar-refractivity contribution in [1.82, 2.24) is 19.5 Å². The van der Waals surface area contributed by atoms with Crippen LogP contribution in [0.1, 0.15) is 0 Å². The number of benzene rings is 8. The number of hydrogen-bond donors (Lipinski definition) is 0. The molecule has 6 heteroatoms. The highest BCUT2D eigenvalue weighted by Crippen LogP contribution is 2.44. The average Bonchev–Trinajstić information content (AvgIpc) is 3.96. The van der Waals surface area contributed by atoms with Crippen molar-refractivity contribution in [3.05, 3.63) is 182 Å². The molecule has 0 fully saturated rings.